The van der Waals surface area contributed by atoms with Crippen LogP contribution in [-0.4, -0.2) is 31.6 Å². The average Bonchev–Trinajstić information content (AvgIpc) is 2.39. The SMILES string of the molecule is COc1ccccc1NC(=O)N(C)C[C@H](C)C#N. The molecule has 0 aliphatic carbocycles. The highest BCUT2D eigenvalue weighted by Crippen LogP contribution is 2.23. The van der Waals surface area contributed by atoms with Crippen molar-refractivity contribution in [2.45, 2.75) is 6.92 Å². The summed E-state index contributed by atoms with van der Waals surface area (Å²) in [7, 11) is 3.20. The molecule has 0 aromatic heterocycles. The molecule has 1 aromatic carbocycles. The number of ether oxygens (including phenoxy) is 1. The quantitative estimate of drug-likeness (QED) is 0.888. The van der Waals surface area contributed by atoms with E-state index < -0.39 is 0 Å². The van der Waals surface area contributed by atoms with Crippen LogP contribution in [-0.2, 0) is 0 Å². The summed E-state index contributed by atoms with van der Waals surface area (Å²) in [5.74, 6) is 0.408. The fraction of sp³-hybridized carbons (Fsp3) is 0.385. The lowest BCUT2D eigenvalue weighted by molar-refractivity contribution is 0.219. The fourth-order valence-electron chi connectivity index (χ4n) is 1.49. The minimum absolute atomic E-state index is 0.196. The van der Waals surface area contributed by atoms with E-state index in [4.69, 9.17) is 10.00 Å². The van der Waals surface area contributed by atoms with E-state index in [1.165, 1.54) is 4.90 Å². The molecule has 1 rings (SSSR count). The standard InChI is InChI=1S/C13H17N3O2/c1-10(8-14)9-16(2)13(17)15-11-6-4-5-7-12(11)18-3/h4-7,10H,9H2,1-3H3,(H,15,17)/t10-/m1/s1. The second-order valence-electron chi connectivity index (χ2n) is 4.04. The maximum atomic E-state index is 11.9. The molecule has 0 aliphatic rings. The lowest BCUT2D eigenvalue weighted by Crippen LogP contribution is -2.34. The number of hydrogen-bond acceptors (Lipinski definition) is 3. The summed E-state index contributed by atoms with van der Waals surface area (Å²) in [6.45, 7) is 2.16. The average molecular weight is 247 g/mol. The predicted octanol–water partition coefficient (Wildman–Crippen LogP) is 2.32. The smallest absolute Gasteiger partial charge is 0.321 e. The number of para-hydroxylation sites is 2. The molecule has 1 N–H and O–H groups in total. The molecule has 5 nitrogen and oxygen atoms in total. The van der Waals surface area contributed by atoms with E-state index in [-0.39, 0.29) is 11.9 Å². The van der Waals surface area contributed by atoms with Gasteiger partial charge in [0, 0.05) is 13.6 Å². The van der Waals surface area contributed by atoms with Gasteiger partial charge in [-0.15, -0.1) is 0 Å². The lowest BCUT2D eigenvalue weighted by atomic mass is 10.2. The van der Waals surface area contributed by atoms with Gasteiger partial charge in [0.2, 0.25) is 0 Å². The Hall–Kier alpha value is -2.22. The Kier molecular flexibility index (Phi) is 5.00. The maximum Gasteiger partial charge on any atom is 0.321 e. The first-order valence-corrected chi connectivity index (χ1v) is 5.63. The van der Waals surface area contributed by atoms with Crippen LogP contribution in [0.2, 0.25) is 0 Å². The minimum Gasteiger partial charge on any atom is -0.495 e. The second-order valence-corrected chi connectivity index (χ2v) is 4.04. The van der Waals surface area contributed by atoms with Crippen LogP contribution < -0.4 is 10.1 Å². The number of urea groups is 1. The van der Waals surface area contributed by atoms with Gasteiger partial charge < -0.3 is 15.0 Å². The van der Waals surface area contributed by atoms with E-state index in [1.54, 1.807) is 33.2 Å². The first-order valence-electron chi connectivity index (χ1n) is 5.63. The zero-order valence-electron chi connectivity index (χ0n) is 10.8. The predicted molar refractivity (Wildman–Crippen MR) is 69.4 cm³/mol. The summed E-state index contributed by atoms with van der Waals surface area (Å²) >= 11 is 0. The van der Waals surface area contributed by atoms with E-state index in [2.05, 4.69) is 11.4 Å². The molecule has 0 saturated heterocycles. The maximum absolute atomic E-state index is 11.9. The topological polar surface area (TPSA) is 65.4 Å². The fourth-order valence-corrected chi connectivity index (χ4v) is 1.49. The zero-order valence-corrected chi connectivity index (χ0v) is 10.8. The van der Waals surface area contributed by atoms with Gasteiger partial charge in [0.05, 0.1) is 24.8 Å². The Labute approximate surface area is 107 Å². The highest BCUT2D eigenvalue weighted by molar-refractivity contribution is 5.90. The molecule has 0 heterocycles. The Balaban J connectivity index is 2.67. The van der Waals surface area contributed by atoms with Crippen molar-refractivity contribution in [1.29, 1.82) is 5.26 Å². The zero-order chi connectivity index (χ0) is 13.5. The van der Waals surface area contributed by atoms with Crippen LogP contribution in [0.25, 0.3) is 0 Å². The van der Waals surface area contributed by atoms with Crippen molar-refractivity contribution >= 4 is 11.7 Å². The van der Waals surface area contributed by atoms with E-state index >= 15 is 0 Å². The molecule has 0 fully saturated rings. The monoisotopic (exact) mass is 247 g/mol. The van der Waals surface area contributed by atoms with Crippen LogP contribution >= 0.6 is 0 Å². The third kappa shape index (κ3) is 3.67. The summed E-state index contributed by atoms with van der Waals surface area (Å²) < 4.78 is 5.14. The number of nitriles is 1. The van der Waals surface area contributed by atoms with Gasteiger partial charge in [-0.1, -0.05) is 12.1 Å². The number of carbonyl (C=O) groups excluding carboxylic acids is 1. The van der Waals surface area contributed by atoms with Gasteiger partial charge in [-0.05, 0) is 19.1 Å². The summed E-state index contributed by atoms with van der Waals surface area (Å²) in [5, 5.41) is 11.5. The molecule has 5 heteroatoms. The first kappa shape index (κ1) is 13.8. The molecule has 0 spiro atoms. The third-order valence-electron chi connectivity index (χ3n) is 2.46. The van der Waals surface area contributed by atoms with Gasteiger partial charge in [0.1, 0.15) is 5.75 Å². The van der Waals surface area contributed by atoms with Gasteiger partial charge in [-0.3, -0.25) is 0 Å². The largest absolute Gasteiger partial charge is 0.495 e. The lowest BCUT2D eigenvalue weighted by Gasteiger charge is -2.19. The summed E-state index contributed by atoms with van der Waals surface area (Å²) in [6, 6.07) is 9.01. The van der Waals surface area contributed by atoms with Gasteiger partial charge in [0.15, 0.2) is 0 Å². The summed E-state index contributed by atoms with van der Waals surface area (Å²) in [6.07, 6.45) is 0. The minimum atomic E-state index is -0.262. The highest BCUT2D eigenvalue weighted by atomic mass is 16.5. The Bertz CT molecular complexity index is 454. The highest BCUT2D eigenvalue weighted by Gasteiger charge is 2.13. The number of hydrogen-bond donors (Lipinski definition) is 1. The number of amides is 2. The van der Waals surface area contributed by atoms with E-state index in [0.717, 1.165) is 0 Å². The molecule has 0 radical (unpaired) electrons. The number of nitrogens with one attached hydrogen (secondary N) is 1. The molecule has 96 valence electrons. The van der Waals surface area contributed by atoms with Crippen molar-refractivity contribution in [3.63, 3.8) is 0 Å². The Morgan fingerprint density at radius 2 is 2.22 bits per heavy atom. The summed E-state index contributed by atoms with van der Waals surface area (Å²) in [4.78, 5) is 13.4. The van der Waals surface area contributed by atoms with Crippen molar-refractivity contribution in [3.05, 3.63) is 24.3 Å². The van der Waals surface area contributed by atoms with Crippen molar-refractivity contribution in [2.75, 3.05) is 26.0 Å². The first-order chi connectivity index (χ1) is 8.58. The molecule has 1 atom stereocenters. The molecule has 0 bridgehead atoms. The summed E-state index contributed by atoms with van der Waals surface area (Å²) in [5.41, 5.74) is 0.612. The van der Waals surface area contributed by atoms with Gasteiger partial charge >= 0.3 is 6.03 Å². The molecule has 18 heavy (non-hydrogen) atoms. The van der Waals surface area contributed by atoms with Crippen LogP contribution in [0, 0.1) is 17.2 Å². The molecular formula is C13H17N3O2. The number of anilines is 1. The van der Waals surface area contributed by atoms with Crippen LogP contribution in [0.5, 0.6) is 5.75 Å². The van der Waals surface area contributed by atoms with Crippen molar-refractivity contribution < 1.29 is 9.53 Å². The van der Waals surface area contributed by atoms with Crippen molar-refractivity contribution in [1.82, 2.24) is 4.90 Å². The number of methoxy groups -OCH3 is 1. The second kappa shape index (κ2) is 6.50. The van der Waals surface area contributed by atoms with E-state index in [1.807, 2.05) is 12.1 Å². The Morgan fingerprint density at radius 3 is 2.83 bits per heavy atom. The van der Waals surface area contributed by atoms with Crippen molar-refractivity contribution in [3.8, 4) is 11.8 Å². The number of nitrogens with zero attached hydrogens (tertiary/aromatic N) is 2. The van der Waals surface area contributed by atoms with Crippen molar-refractivity contribution in [2.24, 2.45) is 5.92 Å². The van der Waals surface area contributed by atoms with E-state index in [0.29, 0.717) is 18.0 Å². The Morgan fingerprint density at radius 1 is 1.56 bits per heavy atom. The van der Waals surface area contributed by atoms with Gasteiger partial charge in [-0.25, -0.2) is 4.79 Å². The number of benzene rings is 1. The molecule has 0 unspecified atom stereocenters. The third-order valence-corrected chi connectivity index (χ3v) is 2.46. The molecule has 1 aromatic rings. The molecular weight excluding hydrogens is 230 g/mol. The molecule has 0 aliphatic heterocycles. The molecule has 2 amide bonds. The van der Waals surface area contributed by atoms with Crippen LogP contribution in [0.15, 0.2) is 24.3 Å². The number of carbonyl (C=O) groups is 1. The molecule has 0 saturated carbocycles. The number of rotatable bonds is 4. The van der Waals surface area contributed by atoms with Crippen LogP contribution in [0.1, 0.15) is 6.92 Å². The normalized spacial score (nSPS) is 11.2. The van der Waals surface area contributed by atoms with Gasteiger partial charge in [0.25, 0.3) is 0 Å². The van der Waals surface area contributed by atoms with E-state index in [9.17, 15) is 4.79 Å². The van der Waals surface area contributed by atoms with Crippen LogP contribution in [0.4, 0.5) is 10.5 Å². The van der Waals surface area contributed by atoms with Crippen LogP contribution in [0.3, 0.4) is 0 Å². The van der Waals surface area contributed by atoms with Gasteiger partial charge in [-0.2, -0.15) is 5.26 Å².